The van der Waals surface area contributed by atoms with Gasteiger partial charge in [-0.15, -0.1) is 0 Å². The minimum atomic E-state index is 0.179. The van der Waals surface area contributed by atoms with Gasteiger partial charge >= 0.3 is 0 Å². The number of benzene rings is 1. The molecule has 0 aliphatic carbocycles. The lowest BCUT2D eigenvalue weighted by molar-refractivity contribution is 0.301. The minimum Gasteiger partial charge on any atom is -0.368 e. The fourth-order valence-electron chi connectivity index (χ4n) is 2.65. The molecule has 0 aromatic heterocycles. The zero-order chi connectivity index (χ0) is 12.6. The maximum atomic E-state index is 3.63. The Morgan fingerprint density at radius 1 is 1.41 bits per heavy atom. The highest BCUT2D eigenvalue weighted by Gasteiger charge is 2.29. The van der Waals surface area contributed by atoms with Crippen molar-refractivity contribution in [3.63, 3.8) is 0 Å². The van der Waals surface area contributed by atoms with E-state index in [1.165, 1.54) is 15.7 Å². The number of halogens is 1. The molecule has 1 saturated heterocycles. The highest BCUT2D eigenvalue weighted by atomic mass is 79.9. The van der Waals surface area contributed by atoms with Crippen LogP contribution in [0, 0.1) is 6.92 Å². The van der Waals surface area contributed by atoms with E-state index >= 15 is 0 Å². The fourth-order valence-corrected chi connectivity index (χ4v) is 2.90. The molecule has 1 aliphatic rings. The van der Waals surface area contributed by atoms with Crippen LogP contribution in [0.2, 0.25) is 0 Å². The van der Waals surface area contributed by atoms with Crippen LogP contribution in [0.5, 0.6) is 0 Å². The van der Waals surface area contributed by atoms with E-state index in [0.717, 1.165) is 13.1 Å². The van der Waals surface area contributed by atoms with Gasteiger partial charge in [0.1, 0.15) is 0 Å². The smallest absolute Gasteiger partial charge is 0.0370 e. The second kappa shape index (κ2) is 4.62. The molecule has 1 unspecified atom stereocenters. The van der Waals surface area contributed by atoms with Crippen molar-refractivity contribution >= 4 is 21.6 Å². The topological polar surface area (TPSA) is 15.3 Å². The molecule has 0 spiro atoms. The fraction of sp³-hybridized carbons (Fsp3) is 0.571. The Balaban J connectivity index is 2.24. The van der Waals surface area contributed by atoms with Gasteiger partial charge in [-0.2, -0.15) is 0 Å². The van der Waals surface area contributed by atoms with Gasteiger partial charge in [-0.3, -0.25) is 0 Å². The van der Waals surface area contributed by atoms with Crippen LogP contribution in [0.3, 0.4) is 0 Å². The molecule has 17 heavy (non-hydrogen) atoms. The second-order valence-corrected chi connectivity index (χ2v) is 6.60. The van der Waals surface area contributed by atoms with Gasteiger partial charge in [0.2, 0.25) is 0 Å². The predicted molar refractivity (Wildman–Crippen MR) is 77.8 cm³/mol. The molecule has 2 rings (SSSR count). The quantitative estimate of drug-likeness (QED) is 0.855. The number of anilines is 1. The molecule has 1 N–H and O–H groups in total. The lowest BCUT2D eigenvalue weighted by Crippen LogP contribution is -2.61. The Bertz CT molecular complexity index is 415. The normalized spacial score (nSPS) is 23.8. The van der Waals surface area contributed by atoms with Crippen molar-refractivity contribution in [1.82, 2.24) is 5.32 Å². The van der Waals surface area contributed by atoms with Gasteiger partial charge in [-0.1, -0.05) is 15.9 Å². The molecule has 1 fully saturated rings. The van der Waals surface area contributed by atoms with E-state index in [1.54, 1.807) is 0 Å². The first-order valence-corrected chi connectivity index (χ1v) is 6.95. The summed E-state index contributed by atoms with van der Waals surface area (Å²) in [7, 11) is 0. The molecule has 1 aromatic rings. The zero-order valence-corrected chi connectivity index (χ0v) is 12.6. The monoisotopic (exact) mass is 296 g/mol. The van der Waals surface area contributed by atoms with Crippen LogP contribution in [0.25, 0.3) is 0 Å². The van der Waals surface area contributed by atoms with Crippen LogP contribution in [-0.2, 0) is 0 Å². The number of hydrogen-bond acceptors (Lipinski definition) is 2. The van der Waals surface area contributed by atoms with E-state index in [9.17, 15) is 0 Å². The lowest BCUT2D eigenvalue weighted by atomic mass is 9.98. The average molecular weight is 297 g/mol. The standard InChI is InChI=1S/C14H21BrN2/c1-10-7-12(5-6-13(10)15)17-8-11(2)16-14(3,4)9-17/h5-7,11,16H,8-9H2,1-4H3. The first-order chi connectivity index (χ1) is 7.87. The van der Waals surface area contributed by atoms with Crippen LogP contribution in [-0.4, -0.2) is 24.7 Å². The van der Waals surface area contributed by atoms with Gasteiger partial charge in [0.05, 0.1) is 0 Å². The SMILES string of the molecule is Cc1cc(N2CC(C)NC(C)(C)C2)ccc1Br. The molecule has 2 nitrogen and oxygen atoms in total. The molecule has 1 aliphatic heterocycles. The zero-order valence-electron chi connectivity index (χ0n) is 11.0. The summed E-state index contributed by atoms with van der Waals surface area (Å²) in [5.41, 5.74) is 2.80. The summed E-state index contributed by atoms with van der Waals surface area (Å²) in [4.78, 5) is 2.47. The summed E-state index contributed by atoms with van der Waals surface area (Å²) in [6, 6.07) is 7.14. The summed E-state index contributed by atoms with van der Waals surface area (Å²) >= 11 is 3.56. The average Bonchev–Trinajstić information content (AvgIpc) is 2.19. The van der Waals surface area contributed by atoms with Crippen LogP contribution < -0.4 is 10.2 Å². The number of piperazine rings is 1. The molecule has 0 bridgehead atoms. The molecule has 0 radical (unpaired) electrons. The van der Waals surface area contributed by atoms with Gasteiger partial charge in [0, 0.05) is 34.8 Å². The third kappa shape index (κ3) is 3.02. The number of hydrogen-bond donors (Lipinski definition) is 1. The minimum absolute atomic E-state index is 0.179. The Morgan fingerprint density at radius 3 is 2.71 bits per heavy atom. The first kappa shape index (κ1) is 12.9. The van der Waals surface area contributed by atoms with Crippen LogP contribution in [0.1, 0.15) is 26.3 Å². The molecule has 94 valence electrons. The molecule has 1 atom stereocenters. The Labute approximate surface area is 113 Å². The molecule has 0 saturated carbocycles. The molecule has 1 aromatic carbocycles. The molecule has 0 amide bonds. The van der Waals surface area contributed by atoms with E-state index in [2.05, 4.69) is 72.0 Å². The molecular formula is C14H21BrN2. The van der Waals surface area contributed by atoms with Gasteiger partial charge in [0.15, 0.2) is 0 Å². The van der Waals surface area contributed by atoms with Crippen molar-refractivity contribution in [2.24, 2.45) is 0 Å². The second-order valence-electron chi connectivity index (χ2n) is 5.74. The summed E-state index contributed by atoms with van der Waals surface area (Å²) < 4.78 is 1.18. The van der Waals surface area contributed by atoms with Gasteiger partial charge in [-0.05, 0) is 51.5 Å². The van der Waals surface area contributed by atoms with Gasteiger partial charge in [-0.25, -0.2) is 0 Å². The van der Waals surface area contributed by atoms with E-state index in [1.807, 2.05) is 0 Å². The number of nitrogens with one attached hydrogen (secondary N) is 1. The predicted octanol–water partition coefficient (Wildman–Crippen LogP) is 3.33. The van der Waals surface area contributed by atoms with Crippen LogP contribution >= 0.6 is 15.9 Å². The van der Waals surface area contributed by atoms with E-state index in [0.29, 0.717) is 6.04 Å². The maximum absolute atomic E-state index is 3.63. The van der Waals surface area contributed by atoms with Gasteiger partial charge in [0.25, 0.3) is 0 Å². The van der Waals surface area contributed by atoms with Crippen molar-refractivity contribution in [3.8, 4) is 0 Å². The third-order valence-corrected chi connectivity index (χ3v) is 4.11. The van der Waals surface area contributed by atoms with Crippen molar-refractivity contribution < 1.29 is 0 Å². The largest absolute Gasteiger partial charge is 0.368 e. The summed E-state index contributed by atoms with van der Waals surface area (Å²) in [5.74, 6) is 0. The summed E-state index contributed by atoms with van der Waals surface area (Å²) in [5, 5.41) is 3.63. The van der Waals surface area contributed by atoms with Crippen molar-refractivity contribution in [2.75, 3.05) is 18.0 Å². The maximum Gasteiger partial charge on any atom is 0.0370 e. The number of rotatable bonds is 1. The van der Waals surface area contributed by atoms with Gasteiger partial charge < -0.3 is 10.2 Å². The number of nitrogens with zero attached hydrogens (tertiary/aromatic N) is 1. The summed E-state index contributed by atoms with van der Waals surface area (Å²) in [6.45, 7) is 11.1. The highest BCUT2D eigenvalue weighted by Crippen LogP contribution is 2.26. The lowest BCUT2D eigenvalue weighted by Gasteiger charge is -2.44. The Hall–Kier alpha value is -0.540. The van der Waals surface area contributed by atoms with E-state index in [-0.39, 0.29) is 5.54 Å². The van der Waals surface area contributed by atoms with Crippen molar-refractivity contribution in [3.05, 3.63) is 28.2 Å². The van der Waals surface area contributed by atoms with Crippen molar-refractivity contribution in [1.29, 1.82) is 0 Å². The highest BCUT2D eigenvalue weighted by molar-refractivity contribution is 9.10. The molecule has 1 heterocycles. The van der Waals surface area contributed by atoms with Crippen molar-refractivity contribution in [2.45, 2.75) is 39.3 Å². The third-order valence-electron chi connectivity index (χ3n) is 3.22. The van der Waals surface area contributed by atoms with E-state index in [4.69, 9.17) is 0 Å². The summed E-state index contributed by atoms with van der Waals surface area (Å²) in [6.07, 6.45) is 0. The molecular weight excluding hydrogens is 276 g/mol. The number of aryl methyl sites for hydroxylation is 1. The molecule has 3 heteroatoms. The van der Waals surface area contributed by atoms with Crippen LogP contribution in [0.4, 0.5) is 5.69 Å². The Kier molecular flexibility index (Phi) is 3.50. The first-order valence-electron chi connectivity index (χ1n) is 6.16. The van der Waals surface area contributed by atoms with E-state index < -0.39 is 0 Å². The van der Waals surface area contributed by atoms with Crippen LogP contribution in [0.15, 0.2) is 22.7 Å². The Morgan fingerprint density at radius 2 is 2.12 bits per heavy atom.